The number of hydrogen-bond acceptors (Lipinski definition) is 3. The molecule has 4 nitrogen and oxygen atoms in total. The summed E-state index contributed by atoms with van der Waals surface area (Å²) in [6, 6.07) is 6.71. The zero-order valence-electron chi connectivity index (χ0n) is 9.65. The SMILES string of the molecule is Cn1nccc1CCNc1cccc(F)c1N. The number of nitrogens with zero attached hydrogens (tertiary/aromatic N) is 2. The number of aryl methyl sites for hydroxylation is 1. The van der Waals surface area contributed by atoms with E-state index in [1.807, 2.05) is 17.8 Å². The first-order valence-corrected chi connectivity index (χ1v) is 5.43. The van der Waals surface area contributed by atoms with E-state index in [0.29, 0.717) is 12.2 Å². The molecule has 2 aromatic rings. The summed E-state index contributed by atoms with van der Waals surface area (Å²) in [7, 11) is 1.89. The molecular weight excluding hydrogens is 219 g/mol. The van der Waals surface area contributed by atoms with Crippen LogP contribution in [0.4, 0.5) is 15.8 Å². The quantitative estimate of drug-likeness (QED) is 0.793. The fraction of sp³-hybridized carbons (Fsp3) is 0.250. The van der Waals surface area contributed by atoms with E-state index in [9.17, 15) is 4.39 Å². The van der Waals surface area contributed by atoms with Crippen molar-refractivity contribution < 1.29 is 4.39 Å². The second-order valence-corrected chi connectivity index (χ2v) is 3.82. The zero-order valence-corrected chi connectivity index (χ0v) is 9.65. The maximum absolute atomic E-state index is 13.2. The zero-order chi connectivity index (χ0) is 12.3. The van der Waals surface area contributed by atoms with Crippen molar-refractivity contribution in [2.24, 2.45) is 7.05 Å². The van der Waals surface area contributed by atoms with Crippen molar-refractivity contribution in [2.75, 3.05) is 17.6 Å². The second kappa shape index (κ2) is 4.86. The average Bonchev–Trinajstić information content (AvgIpc) is 2.71. The van der Waals surface area contributed by atoms with E-state index in [4.69, 9.17) is 5.73 Å². The highest BCUT2D eigenvalue weighted by Gasteiger charge is 2.04. The lowest BCUT2D eigenvalue weighted by molar-refractivity contribution is 0.633. The van der Waals surface area contributed by atoms with Crippen molar-refractivity contribution in [2.45, 2.75) is 6.42 Å². The number of hydrogen-bond donors (Lipinski definition) is 2. The summed E-state index contributed by atoms with van der Waals surface area (Å²) in [5.41, 5.74) is 7.53. The minimum Gasteiger partial charge on any atom is -0.395 e. The van der Waals surface area contributed by atoms with Crippen LogP contribution in [0.2, 0.25) is 0 Å². The van der Waals surface area contributed by atoms with Gasteiger partial charge in [0.1, 0.15) is 5.82 Å². The monoisotopic (exact) mass is 234 g/mol. The van der Waals surface area contributed by atoms with Crippen LogP contribution in [0.5, 0.6) is 0 Å². The number of nitrogens with two attached hydrogens (primary N) is 1. The maximum atomic E-state index is 13.2. The summed E-state index contributed by atoms with van der Waals surface area (Å²) in [5, 5.41) is 7.19. The molecule has 0 amide bonds. The summed E-state index contributed by atoms with van der Waals surface area (Å²) >= 11 is 0. The van der Waals surface area contributed by atoms with E-state index >= 15 is 0 Å². The van der Waals surface area contributed by atoms with Crippen LogP contribution in [0, 0.1) is 5.82 Å². The summed E-state index contributed by atoms with van der Waals surface area (Å²) in [6.07, 6.45) is 2.57. The number of aromatic nitrogens is 2. The van der Waals surface area contributed by atoms with Crippen LogP contribution in [0.1, 0.15) is 5.69 Å². The van der Waals surface area contributed by atoms with Crippen molar-refractivity contribution in [3.63, 3.8) is 0 Å². The fourth-order valence-electron chi connectivity index (χ4n) is 1.66. The Balaban J connectivity index is 1.95. The van der Waals surface area contributed by atoms with Gasteiger partial charge in [0, 0.05) is 31.9 Å². The molecule has 0 saturated heterocycles. The number of para-hydroxylation sites is 1. The predicted octanol–water partition coefficient (Wildman–Crippen LogP) is 1.80. The van der Waals surface area contributed by atoms with Crippen LogP contribution in [0.15, 0.2) is 30.5 Å². The molecule has 17 heavy (non-hydrogen) atoms. The van der Waals surface area contributed by atoms with Crippen LogP contribution in [-0.4, -0.2) is 16.3 Å². The number of nitrogen functional groups attached to an aromatic ring is 1. The van der Waals surface area contributed by atoms with Gasteiger partial charge < -0.3 is 11.1 Å². The molecule has 0 aliphatic rings. The molecule has 1 aromatic heterocycles. The highest BCUT2D eigenvalue weighted by molar-refractivity contribution is 5.66. The molecule has 0 atom stereocenters. The van der Waals surface area contributed by atoms with Crippen LogP contribution in [-0.2, 0) is 13.5 Å². The average molecular weight is 234 g/mol. The lowest BCUT2D eigenvalue weighted by Gasteiger charge is -2.09. The molecule has 2 rings (SSSR count). The Morgan fingerprint density at radius 1 is 1.41 bits per heavy atom. The Kier molecular flexibility index (Phi) is 3.27. The largest absolute Gasteiger partial charge is 0.395 e. The Morgan fingerprint density at radius 3 is 2.94 bits per heavy atom. The highest BCUT2D eigenvalue weighted by atomic mass is 19.1. The molecule has 90 valence electrons. The summed E-state index contributed by atoms with van der Waals surface area (Å²) in [5.74, 6) is -0.393. The van der Waals surface area contributed by atoms with Gasteiger partial charge in [-0.05, 0) is 18.2 Å². The normalized spacial score (nSPS) is 10.5. The number of halogens is 1. The number of anilines is 2. The fourth-order valence-corrected chi connectivity index (χ4v) is 1.66. The van der Waals surface area contributed by atoms with Crippen LogP contribution < -0.4 is 11.1 Å². The van der Waals surface area contributed by atoms with Crippen molar-refractivity contribution in [3.8, 4) is 0 Å². The molecular formula is C12H15FN4. The van der Waals surface area contributed by atoms with Crippen LogP contribution >= 0.6 is 0 Å². The third-order valence-electron chi connectivity index (χ3n) is 2.67. The van der Waals surface area contributed by atoms with Gasteiger partial charge in [-0.2, -0.15) is 5.10 Å². The third kappa shape index (κ3) is 2.55. The first-order valence-electron chi connectivity index (χ1n) is 5.43. The molecule has 3 N–H and O–H groups in total. The van der Waals surface area contributed by atoms with E-state index in [0.717, 1.165) is 12.1 Å². The number of nitrogens with one attached hydrogen (secondary N) is 1. The lowest BCUT2D eigenvalue weighted by Crippen LogP contribution is -2.10. The molecule has 0 spiro atoms. The molecule has 0 aliphatic carbocycles. The van der Waals surface area contributed by atoms with E-state index in [2.05, 4.69) is 10.4 Å². The Hall–Kier alpha value is -2.04. The minimum absolute atomic E-state index is 0.164. The standard InChI is InChI=1S/C12H15FN4/c1-17-9(6-8-16-17)5-7-15-11-4-2-3-10(13)12(11)14/h2-4,6,8,15H,5,7,14H2,1H3. The van der Waals surface area contributed by atoms with Crippen LogP contribution in [0.3, 0.4) is 0 Å². The second-order valence-electron chi connectivity index (χ2n) is 3.82. The highest BCUT2D eigenvalue weighted by Crippen LogP contribution is 2.20. The van der Waals surface area contributed by atoms with Gasteiger partial charge >= 0.3 is 0 Å². The van der Waals surface area contributed by atoms with E-state index in [-0.39, 0.29) is 5.69 Å². The molecule has 0 fully saturated rings. The molecule has 0 aliphatic heterocycles. The molecule has 0 saturated carbocycles. The lowest BCUT2D eigenvalue weighted by atomic mass is 10.2. The molecule has 0 radical (unpaired) electrons. The number of rotatable bonds is 4. The molecule has 5 heteroatoms. The topological polar surface area (TPSA) is 55.9 Å². The van der Waals surface area contributed by atoms with Gasteiger partial charge in [0.05, 0.1) is 11.4 Å². The van der Waals surface area contributed by atoms with Crippen LogP contribution in [0.25, 0.3) is 0 Å². The summed E-state index contributed by atoms with van der Waals surface area (Å²) < 4.78 is 15.0. The third-order valence-corrected chi connectivity index (χ3v) is 2.67. The first kappa shape index (κ1) is 11.4. The van der Waals surface area contributed by atoms with Gasteiger partial charge in [0.15, 0.2) is 0 Å². The summed E-state index contributed by atoms with van der Waals surface area (Å²) in [4.78, 5) is 0. The van der Waals surface area contributed by atoms with Gasteiger partial charge in [-0.25, -0.2) is 4.39 Å². The van der Waals surface area contributed by atoms with E-state index < -0.39 is 5.82 Å². The van der Waals surface area contributed by atoms with Gasteiger partial charge in [-0.1, -0.05) is 6.07 Å². The summed E-state index contributed by atoms with van der Waals surface area (Å²) in [6.45, 7) is 0.688. The Labute approximate surface area is 99.2 Å². The minimum atomic E-state index is -0.393. The molecule has 0 bridgehead atoms. The molecule has 0 unspecified atom stereocenters. The van der Waals surface area contributed by atoms with E-state index in [1.165, 1.54) is 6.07 Å². The Morgan fingerprint density at radius 2 is 2.24 bits per heavy atom. The van der Waals surface area contributed by atoms with Gasteiger partial charge in [-0.3, -0.25) is 4.68 Å². The van der Waals surface area contributed by atoms with Crippen molar-refractivity contribution in [1.82, 2.24) is 9.78 Å². The first-order chi connectivity index (χ1) is 8.18. The van der Waals surface area contributed by atoms with Crippen molar-refractivity contribution in [1.29, 1.82) is 0 Å². The van der Waals surface area contributed by atoms with Gasteiger partial charge in [0.2, 0.25) is 0 Å². The predicted molar refractivity (Wildman–Crippen MR) is 66.2 cm³/mol. The van der Waals surface area contributed by atoms with Crippen molar-refractivity contribution >= 4 is 11.4 Å². The smallest absolute Gasteiger partial charge is 0.148 e. The maximum Gasteiger partial charge on any atom is 0.148 e. The number of benzene rings is 1. The van der Waals surface area contributed by atoms with E-state index in [1.54, 1.807) is 18.3 Å². The molecule has 1 heterocycles. The van der Waals surface area contributed by atoms with Crippen molar-refractivity contribution in [3.05, 3.63) is 42.0 Å². The van der Waals surface area contributed by atoms with Gasteiger partial charge in [-0.15, -0.1) is 0 Å². The molecule has 1 aromatic carbocycles. The Bertz CT molecular complexity index is 507. The van der Waals surface area contributed by atoms with Gasteiger partial charge in [0.25, 0.3) is 0 Å².